The minimum Gasteiger partial charge on any atom is -0.355 e. The van der Waals surface area contributed by atoms with E-state index in [0.717, 1.165) is 11.3 Å². The molecule has 0 aliphatic carbocycles. The lowest BCUT2D eigenvalue weighted by molar-refractivity contribution is -0.118. The topological polar surface area (TPSA) is 76.9 Å². The van der Waals surface area contributed by atoms with Crippen LogP contribution in [0.1, 0.15) is 48.8 Å². The number of hydrogen-bond donors (Lipinski definition) is 1. The molecule has 0 unspecified atom stereocenters. The minimum atomic E-state index is -0.0918. The van der Waals surface area contributed by atoms with Crippen molar-refractivity contribution in [3.05, 3.63) is 87.1 Å². The predicted octanol–water partition coefficient (Wildman–Crippen LogP) is 3.82. The Bertz CT molecular complexity index is 1150. The first kappa shape index (κ1) is 24.7. The highest BCUT2D eigenvalue weighted by Gasteiger charge is 2.16. The Labute approximate surface area is 199 Å². The van der Waals surface area contributed by atoms with Crippen molar-refractivity contribution in [3.63, 3.8) is 0 Å². The summed E-state index contributed by atoms with van der Waals surface area (Å²) < 4.78 is 1.54. The van der Waals surface area contributed by atoms with Gasteiger partial charge >= 0.3 is 0 Å². The van der Waals surface area contributed by atoms with Crippen molar-refractivity contribution in [1.82, 2.24) is 19.9 Å². The predicted molar refractivity (Wildman–Crippen MR) is 134 cm³/mol. The summed E-state index contributed by atoms with van der Waals surface area (Å²) in [4.78, 5) is 34.1. The lowest BCUT2D eigenvalue weighted by atomic mass is 9.86. The van der Waals surface area contributed by atoms with E-state index in [1.54, 1.807) is 13.2 Å². The molecule has 174 valence electrons. The van der Waals surface area contributed by atoms with Gasteiger partial charge < -0.3 is 5.32 Å². The third kappa shape index (κ3) is 6.78. The van der Waals surface area contributed by atoms with Gasteiger partial charge in [-0.2, -0.15) is 0 Å². The quantitative estimate of drug-likeness (QED) is 0.405. The Morgan fingerprint density at radius 3 is 2.48 bits per heavy atom. The molecule has 0 atom stereocenters. The fraction of sp³-hybridized carbons (Fsp3) is 0.385. The van der Waals surface area contributed by atoms with Crippen LogP contribution >= 0.6 is 11.8 Å². The van der Waals surface area contributed by atoms with E-state index in [0.29, 0.717) is 35.8 Å². The summed E-state index contributed by atoms with van der Waals surface area (Å²) in [5.74, 6) is 0.112. The fourth-order valence-corrected chi connectivity index (χ4v) is 4.29. The van der Waals surface area contributed by atoms with Crippen LogP contribution in [0.25, 0.3) is 0 Å². The van der Waals surface area contributed by atoms with E-state index in [4.69, 9.17) is 0 Å². The number of thioether (sulfide) groups is 1. The summed E-state index contributed by atoms with van der Waals surface area (Å²) in [6.07, 6.45) is 2.96. The molecule has 0 radical (unpaired) electrons. The monoisotopic (exact) mass is 464 g/mol. The summed E-state index contributed by atoms with van der Waals surface area (Å²) in [7, 11) is 1.71. The lowest BCUT2D eigenvalue weighted by Crippen LogP contribution is -2.29. The van der Waals surface area contributed by atoms with Gasteiger partial charge in [-0.3, -0.25) is 19.1 Å². The average molecular weight is 465 g/mol. The van der Waals surface area contributed by atoms with Crippen LogP contribution in [0.4, 0.5) is 0 Å². The SMILES string of the molecule is Cc1nc(SCC(=O)NCCc2ccccn2)n(C)c(=O)c1Cc1ccc(C(C)(C)C)cc1. The number of nitrogens with one attached hydrogen (secondary N) is 1. The van der Waals surface area contributed by atoms with Crippen LogP contribution < -0.4 is 10.9 Å². The number of nitrogens with zero attached hydrogens (tertiary/aromatic N) is 3. The molecule has 33 heavy (non-hydrogen) atoms. The molecular weight excluding hydrogens is 432 g/mol. The lowest BCUT2D eigenvalue weighted by Gasteiger charge is -2.19. The van der Waals surface area contributed by atoms with Crippen molar-refractivity contribution in [1.29, 1.82) is 0 Å². The first-order valence-corrected chi connectivity index (χ1v) is 12.1. The van der Waals surface area contributed by atoms with Crippen LogP contribution in [0.3, 0.4) is 0 Å². The molecule has 0 fully saturated rings. The van der Waals surface area contributed by atoms with Crippen molar-refractivity contribution in [2.75, 3.05) is 12.3 Å². The molecule has 6 nitrogen and oxygen atoms in total. The molecule has 0 bridgehead atoms. The highest BCUT2D eigenvalue weighted by Crippen LogP contribution is 2.23. The van der Waals surface area contributed by atoms with Crippen molar-refractivity contribution in [3.8, 4) is 0 Å². The Morgan fingerprint density at radius 1 is 1.12 bits per heavy atom. The van der Waals surface area contributed by atoms with Crippen LogP contribution in [0, 0.1) is 6.92 Å². The van der Waals surface area contributed by atoms with Gasteiger partial charge in [-0.15, -0.1) is 0 Å². The van der Waals surface area contributed by atoms with Crippen molar-refractivity contribution >= 4 is 17.7 Å². The third-order valence-electron chi connectivity index (χ3n) is 5.51. The van der Waals surface area contributed by atoms with Crippen LogP contribution in [0.15, 0.2) is 58.6 Å². The summed E-state index contributed by atoms with van der Waals surface area (Å²) in [5.41, 5.74) is 4.70. The number of hydrogen-bond acceptors (Lipinski definition) is 5. The molecule has 0 saturated carbocycles. The van der Waals surface area contributed by atoms with E-state index in [9.17, 15) is 9.59 Å². The number of carbonyl (C=O) groups is 1. The van der Waals surface area contributed by atoms with Gasteiger partial charge in [0, 0.05) is 49.6 Å². The van der Waals surface area contributed by atoms with Gasteiger partial charge in [-0.05, 0) is 35.6 Å². The van der Waals surface area contributed by atoms with E-state index in [1.165, 1.54) is 21.9 Å². The van der Waals surface area contributed by atoms with E-state index in [-0.39, 0.29) is 22.6 Å². The van der Waals surface area contributed by atoms with Crippen LogP contribution in [-0.2, 0) is 30.1 Å². The second-order valence-electron chi connectivity index (χ2n) is 9.16. The number of rotatable bonds is 8. The fourth-order valence-electron chi connectivity index (χ4n) is 3.45. The molecular formula is C26H32N4O2S. The minimum absolute atomic E-state index is 0.0690. The maximum Gasteiger partial charge on any atom is 0.257 e. The standard InChI is InChI=1S/C26H32N4O2S/c1-18-22(16-19-9-11-20(12-10-19)26(2,3)4)24(32)30(5)25(29-18)33-17-23(31)28-15-13-21-8-6-7-14-27-21/h6-12,14H,13,15-17H2,1-5H3,(H,28,31). The van der Waals surface area contributed by atoms with Crippen molar-refractivity contribution in [2.45, 2.75) is 51.1 Å². The smallest absolute Gasteiger partial charge is 0.257 e. The molecule has 1 aromatic carbocycles. The van der Waals surface area contributed by atoms with Crippen molar-refractivity contribution in [2.24, 2.45) is 7.05 Å². The number of pyridine rings is 1. The van der Waals surface area contributed by atoms with Gasteiger partial charge in [0.2, 0.25) is 5.91 Å². The Balaban J connectivity index is 1.61. The van der Waals surface area contributed by atoms with E-state index < -0.39 is 0 Å². The van der Waals surface area contributed by atoms with Crippen LogP contribution in [0.5, 0.6) is 0 Å². The second kappa shape index (κ2) is 10.8. The zero-order chi connectivity index (χ0) is 24.0. The van der Waals surface area contributed by atoms with E-state index in [2.05, 4.69) is 60.3 Å². The third-order valence-corrected chi connectivity index (χ3v) is 6.54. The summed E-state index contributed by atoms with van der Waals surface area (Å²) in [6, 6.07) is 14.1. The zero-order valence-corrected chi connectivity index (χ0v) is 20.8. The van der Waals surface area contributed by atoms with Gasteiger partial charge in [-0.25, -0.2) is 4.98 Å². The number of amides is 1. The van der Waals surface area contributed by atoms with Gasteiger partial charge in [0.05, 0.1) is 5.75 Å². The highest BCUT2D eigenvalue weighted by atomic mass is 32.2. The molecule has 2 heterocycles. The van der Waals surface area contributed by atoms with Gasteiger partial charge in [-0.1, -0.05) is 62.9 Å². The molecule has 3 aromatic rings. The van der Waals surface area contributed by atoms with Gasteiger partial charge in [0.25, 0.3) is 5.56 Å². The maximum atomic E-state index is 13.0. The number of aryl methyl sites for hydroxylation is 1. The molecule has 7 heteroatoms. The van der Waals surface area contributed by atoms with Crippen LogP contribution in [0.2, 0.25) is 0 Å². The Hall–Kier alpha value is -2.93. The molecule has 2 aromatic heterocycles. The van der Waals surface area contributed by atoms with E-state index in [1.807, 2.05) is 25.1 Å². The second-order valence-corrected chi connectivity index (χ2v) is 10.1. The molecule has 0 aliphatic rings. The van der Waals surface area contributed by atoms with Crippen molar-refractivity contribution < 1.29 is 4.79 Å². The first-order chi connectivity index (χ1) is 15.6. The average Bonchev–Trinajstić information content (AvgIpc) is 2.78. The molecule has 1 amide bonds. The summed E-state index contributed by atoms with van der Waals surface area (Å²) >= 11 is 1.27. The zero-order valence-electron chi connectivity index (χ0n) is 20.0. The molecule has 1 N–H and O–H groups in total. The largest absolute Gasteiger partial charge is 0.355 e. The molecule has 0 spiro atoms. The summed E-state index contributed by atoms with van der Waals surface area (Å²) in [6.45, 7) is 8.93. The van der Waals surface area contributed by atoms with Gasteiger partial charge in [0.15, 0.2) is 5.16 Å². The molecule has 0 aliphatic heterocycles. The van der Waals surface area contributed by atoms with E-state index >= 15 is 0 Å². The number of carbonyl (C=O) groups excluding carboxylic acids is 1. The van der Waals surface area contributed by atoms with Crippen LogP contribution in [-0.4, -0.2) is 32.7 Å². The molecule has 3 rings (SSSR count). The Kier molecular flexibility index (Phi) is 8.08. The number of aromatic nitrogens is 3. The first-order valence-electron chi connectivity index (χ1n) is 11.1. The highest BCUT2D eigenvalue weighted by molar-refractivity contribution is 7.99. The maximum absolute atomic E-state index is 13.0. The summed E-state index contributed by atoms with van der Waals surface area (Å²) in [5, 5.41) is 3.44. The molecule has 0 saturated heterocycles. The Morgan fingerprint density at radius 2 is 1.85 bits per heavy atom. The number of benzene rings is 1. The normalized spacial score (nSPS) is 11.4. The van der Waals surface area contributed by atoms with Gasteiger partial charge in [0.1, 0.15) is 0 Å².